The molecule has 224 valence electrons. The molecule has 7 nitrogen and oxygen atoms in total. The van der Waals surface area contributed by atoms with Gasteiger partial charge in [0.1, 0.15) is 6.04 Å². The average Bonchev–Trinajstić information content (AvgIpc) is 3.26. The van der Waals surface area contributed by atoms with Gasteiger partial charge in [0.15, 0.2) is 0 Å². The number of halogens is 2. The van der Waals surface area contributed by atoms with Crippen LogP contribution in [0.3, 0.4) is 0 Å². The Hall–Kier alpha value is -3.68. The van der Waals surface area contributed by atoms with Crippen LogP contribution >= 0.6 is 23.2 Å². The van der Waals surface area contributed by atoms with Gasteiger partial charge in [-0.1, -0.05) is 91.0 Å². The van der Waals surface area contributed by atoms with Crippen molar-refractivity contribution < 1.29 is 19.2 Å². The van der Waals surface area contributed by atoms with E-state index < -0.39 is 6.04 Å². The van der Waals surface area contributed by atoms with E-state index in [1.165, 1.54) is 4.90 Å². The van der Waals surface area contributed by atoms with Gasteiger partial charge in [-0.25, -0.2) is 0 Å². The van der Waals surface area contributed by atoms with Crippen LogP contribution < -0.4 is 5.32 Å². The summed E-state index contributed by atoms with van der Waals surface area (Å²) >= 11 is 13.1. The highest BCUT2D eigenvalue weighted by Crippen LogP contribution is 2.28. The highest BCUT2D eigenvalue weighted by Gasteiger charge is 2.36. The molecule has 1 fully saturated rings. The molecule has 5 rings (SSSR count). The number of benzene rings is 3. The van der Waals surface area contributed by atoms with E-state index in [1.54, 1.807) is 47.4 Å². The lowest BCUT2D eigenvalue weighted by molar-refractivity contribution is -0.141. The van der Waals surface area contributed by atoms with Crippen LogP contribution in [-0.4, -0.2) is 52.1 Å². The molecule has 1 aliphatic carbocycles. The second-order valence-corrected chi connectivity index (χ2v) is 12.0. The molecular formula is C34H35Cl2N3O4. The van der Waals surface area contributed by atoms with Crippen LogP contribution in [0.4, 0.5) is 0 Å². The molecule has 0 spiro atoms. The summed E-state index contributed by atoms with van der Waals surface area (Å²) in [5, 5.41) is 4.03. The topological polar surface area (TPSA) is 86.8 Å². The second kappa shape index (κ2) is 14.2. The van der Waals surface area contributed by atoms with Crippen molar-refractivity contribution >= 4 is 46.8 Å². The number of rotatable bonds is 11. The molecule has 1 atom stereocenters. The number of nitrogens with one attached hydrogen (secondary N) is 1. The molecule has 4 amide bonds. The van der Waals surface area contributed by atoms with Gasteiger partial charge in [-0.3, -0.25) is 24.1 Å². The van der Waals surface area contributed by atoms with Gasteiger partial charge in [0.25, 0.3) is 11.8 Å². The first-order valence-electron chi connectivity index (χ1n) is 14.9. The molecule has 1 heterocycles. The second-order valence-electron chi connectivity index (χ2n) is 11.2. The fourth-order valence-electron chi connectivity index (χ4n) is 5.93. The zero-order valence-corrected chi connectivity index (χ0v) is 25.4. The zero-order valence-electron chi connectivity index (χ0n) is 23.9. The van der Waals surface area contributed by atoms with E-state index in [0.29, 0.717) is 33.2 Å². The molecule has 1 aliphatic heterocycles. The maximum Gasteiger partial charge on any atom is 0.261 e. The lowest BCUT2D eigenvalue weighted by Crippen LogP contribution is -2.53. The molecule has 43 heavy (non-hydrogen) atoms. The fraction of sp³-hybridized carbons (Fsp3) is 0.353. The number of nitrogens with zero attached hydrogens (tertiary/aromatic N) is 2. The Morgan fingerprint density at radius 2 is 1.44 bits per heavy atom. The van der Waals surface area contributed by atoms with Crippen molar-refractivity contribution in [1.82, 2.24) is 15.1 Å². The lowest BCUT2D eigenvalue weighted by Gasteiger charge is -2.34. The van der Waals surface area contributed by atoms with Crippen LogP contribution in [-0.2, 0) is 22.6 Å². The van der Waals surface area contributed by atoms with E-state index in [1.807, 2.05) is 30.3 Å². The monoisotopic (exact) mass is 619 g/mol. The summed E-state index contributed by atoms with van der Waals surface area (Å²) in [6, 6.07) is 20.7. The van der Waals surface area contributed by atoms with Gasteiger partial charge in [0, 0.05) is 47.6 Å². The standard InChI is InChI=1S/C34H35Cl2N3O4/c35-28-17-9-18-29(36)27(28)22-39(31(40)19-10-20-38-33(42)25-15-7-8-16-26(25)34(38)43)30(21-23-11-3-1-4-12-23)32(41)37-24-13-5-2-6-14-24/h1,3-4,7-9,11-12,15-18,24,30H,2,5-6,10,13-14,19-22H2,(H,37,41). The number of imide groups is 1. The quantitative estimate of drug-likeness (QED) is 0.250. The number of carbonyl (C=O) groups is 4. The van der Waals surface area contributed by atoms with Gasteiger partial charge in [-0.2, -0.15) is 0 Å². The Bertz CT molecular complexity index is 1430. The van der Waals surface area contributed by atoms with Crippen molar-refractivity contribution in [3.8, 4) is 0 Å². The number of hydrogen-bond donors (Lipinski definition) is 1. The Balaban J connectivity index is 1.38. The van der Waals surface area contributed by atoms with Crippen LogP contribution in [0.2, 0.25) is 10.0 Å². The normalized spacial score (nSPS) is 15.7. The van der Waals surface area contributed by atoms with Gasteiger partial charge < -0.3 is 10.2 Å². The fourth-order valence-corrected chi connectivity index (χ4v) is 6.44. The molecule has 3 aromatic rings. The largest absolute Gasteiger partial charge is 0.352 e. The molecule has 0 bridgehead atoms. The van der Waals surface area contributed by atoms with Crippen LogP contribution in [0.1, 0.15) is 76.8 Å². The summed E-state index contributed by atoms with van der Waals surface area (Å²) in [7, 11) is 0. The van der Waals surface area contributed by atoms with E-state index in [2.05, 4.69) is 5.32 Å². The van der Waals surface area contributed by atoms with Gasteiger partial charge in [-0.05, 0) is 49.1 Å². The summed E-state index contributed by atoms with van der Waals surface area (Å²) in [4.78, 5) is 56.4. The van der Waals surface area contributed by atoms with Crippen LogP contribution in [0.25, 0.3) is 0 Å². The molecule has 1 N–H and O–H groups in total. The number of carbonyl (C=O) groups excluding carboxylic acids is 4. The van der Waals surface area contributed by atoms with E-state index in [4.69, 9.17) is 23.2 Å². The van der Waals surface area contributed by atoms with Crippen molar-refractivity contribution in [2.24, 2.45) is 0 Å². The molecular weight excluding hydrogens is 585 g/mol. The highest BCUT2D eigenvalue weighted by molar-refractivity contribution is 6.36. The number of fused-ring (bicyclic) bond motifs is 1. The minimum atomic E-state index is -0.816. The SMILES string of the molecule is O=C(NC1CCCCC1)C(Cc1ccccc1)N(Cc1c(Cl)cccc1Cl)C(=O)CCCN1C(=O)c2ccccc2C1=O. The molecule has 3 aromatic carbocycles. The first-order valence-corrected chi connectivity index (χ1v) is 15.6. The molecule has 9 heteroatoms. The van der Waals surface area contributed by atoms with Gasteiger partial charge >= 0.3 is 0 Å². The Kier molecular flexibility index (Phi) is 10.2. The Morgan fingerprint density at radius 3 is 2.07 bits per heavy atom. The number of amides is 4. The third-order valence-electron chi connectivity index (χ3n) is 8.26. The van der Waals surface area contributed by atoms with Crippen LogP contribution in [0.5, 0.6) is 0 Å². The summed E-state index contributed by atoms with van der Waals surface area (Å²) in [6.07, 6.45) is 5.68. The highest BCUT2D eigenvalue weighted by atomic mass is 35.5. The zero-order chi connectivity index (χ0) is 30.3. The van der Waals surface area contributed by atoms with Crippen molar-refractivity contribution in [1.29, 1.82) is 0 Å². The van der Waals surface area contributed by atoms with Crippen molar-refractivity contribution in [3.63, 3.8) is 0 Å². The van der Waals surface area contributed by atoms with E-state index in [0.717, 1.165) is 37.7 Å². The third-order valence-corrected chi connectivity index (χ3v) is 8.97. The first kappa shape index (κ1) is 30.8. The molecule has 0 aromatic heterocycles. The van der Waals surface area contributed by atoms with Gasteiger partial charge in [0.2, 0.25) is 11.8 Å². The predicted molar refractivity (Wildman–Crippen MR) is 167 cm³/mol. The van der Waals surface area contributed by atoms with Gasteiger partial charge in [-0.15, -0.1) is 0 Å². The maximum absolute atomic E-state index is 14.0. The maximum atomic E-state index is 14.0. The molecule has 2 aliphatic rings. The Morgan fingerprint density at radius 1 is 0.837 bits per heavy atom. The molecule has 0 radical (unpaired) electrons. The van der Waals surface area contributed by atoms with Gasteiger partial charge in [0.05, 0.1) is 11.1 Å². The minimum absolute atomic E-state index is 0.0253. The third kappa shape index (κ3) is 7.28. The summed E-state index contributed by atoms with van der Waals surface area (Å²) in [5.41, 5.74) is 2.22. The summed E-state index contributed by atoms with van der Waals surface area (Å²) in [6.45, 7) is 0.135. The predicted octanol–water partition coefficient (Wildman–Crippen LogP) is 6.46. The first-order chi connectivity index (χ1) is 20.8. The van der Waals surface area contributed by atoms with E-state index in [-0.39, 0.29) is 55.6 Å². The summed E-state index contributed by atoms with van der Waals surface area (Å²) in [5.74, 6) is -1.22. The smallest absolute Gasteiger partial charge is 0.261 e. The van der Waals surface area contributed by atoms with Crippen molar-refractivity contribution in [2.45, 2.75) is 70.0 Å². The molecule has 1 unspecified atom stereocenters. The average molecular weight is 621 g/mol. The van der Waals surface area contributed by atoms with Crippen molar-refractivity contribution in [2.75, 3.05) is 6.54 Å². The number of hydrogen-bond acceptors (Lipinski definition) is 4. The Labute approximate surface area is 262 Å². The van der Waals surface area contributed by atoms with Crippen LogP contribution in [0, 0.1) is 0 Å². The van der Waals surface area contributed by atoms with E-state index >= 15 is 0 Å². The minimum Gasteiger partial charge on any atom is -0.352 e. The molecule has 1 saturated carbocycles. The summed E-state index contributed by atoms with van der Waals surface area (Å²) < 4.78 is 0. The lowest BCUT2D eigenvalue weighted by atomic mass is 9.94. The van der Waals surface area contributed by atoms with Crippen molar-refractivity contribution in [3.05, 3.63) is 105 Å². The van der Waals surface area contributed by atoms with Crippen LogP contribution in [0.15, 0.2) is 72.8 Å². The van der Waals surface area contributed by atoms with E-state index in [9.17, 15) is 19.2 Å². The molecule has 0 saturated heterocycles.